The van der Waals surface area contributed by atoms with E-state index >= 15 is 0 Å². The van der Waals surface area contributed by atoms with Gasteiger partial charge < -0.3 is 15.8 Å². The summed E-state index contributed by atoms with van der Waals surface area (Å²) in [5, 5.41) is 3.46. The largest absolute Gasteiger partial charge is 0.496 e. The summed E-state index contributed by atoms with van der Waals surface area (Å²) in [6.45, 7) is 8.19. The molecule has 0 aliphatic rings. The van der Waals surface area contributed by atoms with Gasteiger partial charge in [-0.25, -0.2) is 0 Å². The van der Waals surface area contributed by atoms with Gasteiger partial charge in [-0.05, 0) is 42.1 Å². The number of methoxy groups -OCH3 is 1. The molecule has 1 unspecified atom stereocenters. The van der Waals surface area contributed by atoms with Crippen LogP contribution in [0.15, 0.2) is 18.2 Å². The average Bonchev–Trinajstić information content (AvgIpc) is 2.39. The van der Waals surface area contributed by atoms with Gasteiger partial charge in [0.1, 0.15) is 5.75 Å². The van der Waals surface area contributed by atoms with E-state index in [1.54, 1.807) is 7.11 Å². The third-order valence-corrected chi connectivity index (χ3v) is 3.36. The summed E-state index contributed by atoms with van der Waals surface area (Å²) in [4.78, 5) is 0. The second-order valence-electron chi connectivity index (χ2n) is 5.00. The quantitative estimate of drug-likeness (QED) is 0.781. The van der Waals surface area contributed by atoms with E-state index in [9.17, 15) is 0 Å². The number of hydrogen-bond donors (Lipinski definition) is 2. The minimum atomic E-state index is 0.457. The van der Waals surface area contributed by atoms with Crippen LogP contribution in [0.5, 0.6) is 5.75 Å². The zero-order chi connectivity index (χ0) is 13.5. The maximum absolute atomic E-state index is 5.71. The zero-order valence-corrected chi connectivity index (χ0v) is 12.0. The van der Waals surface area contributed by atoms with Crippen LogP contribution in [-0.4, -0.2) is 20.2 Å². The average molecular weight is 250 g/mol. The van der Waals surface area contributed by atoms with E-state index in [-0.39, 0.29) is 0 Å². The summed E-state index contributed by atoms with van der Waals surface area (Å²) in [5.74, 6) is 1.95. The second-order valence-corrected chi connectivity index (χ2v) is 5.00. The lowest BCUT2D eigenvalue weighted by atomic mass is 10.0. The summed E-state index contributed by atoms with van der Waals surface area (Å²) >= 11 is 0. The number of ether oxygens (including phenoxy) is 1. The van der Waals surface area contributed by atoms with Crippen molar-refractivity contribution in [1.29, 1.82) is 0 Å². The molecule has 1 aromatic carbocycles. The van der Waals surface area contributed by atoms with E-state index in [2.05, 4.69) is 38.2 Å². The van der Waals surface area contributed by atoms with Gasteiger partial charge in [-0.1, -0.05) is 27.2 Å². The Morgan fingerprint density at radius 2 is 2.06 bits per heavy atom. The van der Waals surface area contributed by atoms with Crippen LogP contribution in [0.1, 0.15) is 38.7 Å². The summed E-state index contributed by atoms with van der Waals surface area (Å²) in [7, 11) is 1.72. The van der Waals surface area contributed by atoms with Gasteiger partial charge in [-0.2, -0.15) is 0 Å². The molecule has 0 bridgehead atoms. The summed E-state index contributed by atoms with van der Waals surface area (Å²) < 4.78 is 5.38. The fraction of sp³-hybridized carbons (Fsp3) is 0.600. The highest BCUT2D eigenvalue weighted by atomic mass is 16.5. The number of nitrogens with two attached hydrogens (primary N) is 1. The molecule has 0 heterocycles. The van der Waals surface area contributed by atoms with Crippen LogP contribution in [-0.2, 0) is 0 Å². The van der Waals surface area contributed by atoms with E-state index in [1.807, 2.05) is 6.07 Å². The SMILES string of the molecule is CCC(CN)CNc1ccc(OC)c(C(C)C)c1. The van der Waals surface area contributed by atoms with E-state index in [4.69, 9.17) is 10.5 Å². The molecule has 0 saturated carbocycles. The van der Waals surface area contributed by atoms with E-state index in [1.165, 1.54) is 5.56 Å². The first-order valence-corrected chi connectivity index (χ1v) is 6.74. The topological polar surface area (TPSA) is 47.3 Å². The van der Waals surface area contributed by atoms with Gasteiger partial charge in [0.2, 0.25) is 0 Å². The first-order chi connectivity index (χ1) is 8.62. The Bertz CT molecular complexity index is 360. The van der Waals surface area contributed by atoms with Crippen molar-refractivity contribution in [3.05, 3.63) is 23.8 Å². The molecule has 3 heteroatoms. The molecule has 3 nitrogen and oxygen atoms in total. The van der Waals surface area contributed by atoms with Crippen LogP contribution in [0.2, 0.25) is 0 Å². The Kier molecular flexibility index (Phi) is 5.99. The lowest BCUT2D eigenvalue weighted by molar-refractivity contribution is 0.407. The third kappa shape index (κ3) is 3.91. The van der Waals surface area contributed by atoms with Crippen LogP contribution < -0.4 is 15.8 Å². The summed E-state index contributed by atoms with van der Waals surface area (Å²) in [6.07, 6.45) is 1.11. The van der Waals surface area contributed by atoms with Crippen molar-refractivity contribution in [2.45, 2.75) is 33.1 Å². The Morgan fingerprint density at radius 1 is 1.33 bits per heavy atom. The minimum Gasteiger partial charge on any atom is -0.496 e. The number of anilines is 1. The van der Waals surface area contributed by atoms with Crippen molar-refractivity contribution < 1.29 is 4.74 Å². The predicted molar refractivity (Wildman–Crippen MR) is 78.4 cm³/mol. The molecule has 1 rings (SSSR count). The van der Waals surface area contributed by atoms with Gasteiger partial charge in [0.05, 0.1) is 7.11 Å². The van der Waals surface area contributed by atoms with Crippen molar-refractivity contribution in [3.63, 3.8) is 0 Å². The Balaban J connectivity index is 2.75. The van der Waals surface area contributed by atoms with E-state index in [0.717, 1.165) is 30.9 Å². The Morgan fingerprint density at radius 3 is 2.56 bits per heavy atom. The maximum Gasteiger partial charge on any atom is 0.122 e. The highest BCUT2D eigenvalue weighted by Gasteiger charge is 2.09. The molecule has 0 fully saturated rings. The predicted octanol–water partition coefficient (Wildman–Crippen LogP) is 3.22. The molecule has 0 amide bonds. The van der Waals surface area contributed by atoms with Gasteiger partial charge >= 0.3 is 0 Å². The number of nitrogens with one attached hydrogen (secondary N) is 1. The molecule has 18 heavy (non-hydrogen) atoms. The van der Waals surface area contributed by atoms with Crippen LogP contribution in [0.4, 0.5) is 5.69 Å². The lowest BCUT2D eigenvalue weighted by Gasteiger charge is -2.17. The molecular formula is C15H26N2O. The molecule has 0 aromatic heterocycles. The van der Waals surface area contributed by atoms with Gasteiger partial charge in [-0.15, -0.1) is 0 Å². The van der Waals surface area contributed by atoms with Crippen LogP contribution in [0.25, 0.3) is 0 Å². The number of hydrogen-bond acceptors (Lipinski definition) is 3. The summed E-state index contributed by atoms with van der Waals surface area (Å²) in [6, 6.07) is 6.27. The van der Waals surface area contributed by atoms with E-state index in [0.29, 0.717) is 11.8 Å². The maximum atomic E-state index is 5.71. The minimum absolute atomic E-state index is 0.457. The Labute approximate surface area is 111 Å². The second kappa shape index (κ2) is 7.27. The molecule has 0 saturated heterocycles. The Hall–Kier alpha value is -1.22. The van der Waals surface area contributed by atoms with Crippen LogP contribution in [0, 0.1) is 5.92 Å². The van der Waals surface area contributed by atoms with Crippen molar-refractivity contribution in [1.82, 2.24) is 0 Å². The highest BCUT2D eigenvalue weighted by molar-refractivity contribution is 5.52. The zero-order valence-electron chi connectivity index (χ0n) is 12.0. The van der Waals surface area contributed by atoms with Crippen molar-refractivity contribution in [3.8, 4) is 5.75 Å². The molecule has 1 aromatic rings. The van der Waals surface area contributed by atoms with Crippen LogP contribution >= 0.6 is 0 Å². The van der Waals surface area contributed by atoms with E-state index < -0.39 is 0 Å². The first kappa shape index (κ1) is 14.8. The molecular weight excluding hydrogens is 224 g/mol. The molecule has 0 aliphatic carbocycles. The molecule has 1 atom stereocenters. The lowest BCUT2D eigenvalue weighted by Crippen LogP contribution is -2.22. The van der Waals surface area contributed by atoms with Gasteiger partial charge in [-0.3, -0.25) is 0 Å². The standard InChI is InChI=1S/C15H26N2O/c1-5-12(9-16)10-17-13-6-7-15(18-4)14(8-13)11(2)3/h6-8,11-12,17H,5,9-10,16H2,1-4H3. The molecule has 0 spiro atoms. The van der Waals surface area contributed by atoms with Crippen molar-refractivity contribution in [2.75, 3.05) is 25.5 Å². The fourth-order valence-electron chi connectivity index (χ4n) is 1.95. The summed E-state index contributed by atoms with van der Waals surface area (Å²) in [5.41, 5.74) is 8.10. The molecule has 0 radical (unpaired) electrons. The smallest absolute Gasteiger partial charge is 0.122 e. The monoisotopic (exact) mass is 250 g/mol. The normalized spacial score (nSPS) is 12.6. The molecule has 3 N–H and O–H groups in total. The number of rotatable bonds is 7. The third-order valence-electron chi connectivity index (χ3n) is 3.36. The van der Waals surface area contributed by atoms with Gasteiger partial charge in [0.15, 0.2) is 0 Å². The van der Waals surface area contributed by atoms with Gasteiger partial charge in [0.25, 0.3) is 0 Å². The first-order valence-electron chi connectivity index (χ1n) is 6.74. The van der Waals surface area contributed by atoms with Crippen molar-refractivity contribution in [2.24, 2.45) is 11.7 Å². The van der Waals surface area contributed by atoms with Crippen molar-refractivity contribution >= 4 is 5.69 Å². The van der Waals surface area contributed by atoms with Gasteiger partial charge in [0, 0.05) is 12.2 Å². The highest BCUT2D eigenvalue weighted by Crippen LogP contribution is 2.29. The fourth-order valence-corrected chi connectivity index (χ4v) is 1.95. The molecule has 0 aliphatic heterocycles. The molecule has 102 valence electrons. The van der Waals surface area contributed by atoms with Crippen LogP contribution in [0.3, 0.4) is 0 Å². The number of benzene rings is 1.